The third kappa shape index (κ3) is 2.14. The van der Waals surface area contributed by atoms with Gasteiger partial charge >= 0.3 is 0 Å². The average Bonchev–Trinajstić information content (AvgIpc) is 2.35. The van der Waals surface area contributed by atoms with E-state index in [1.54, 1.807) is 11.8 Å². The smallest absolute Gasteiger partial charge is 0.237 e. The van der Waals surface area contributed by atoms with Gasteiger partial charge in [-0.25, -0.2) is 0 Å². The Balaban J connectivity index is 2.44. The largest absolute Gasteiger partial charge is 0.325 e. The van der Waals surface area contributed by atoms with Crippen molar-refractivity contribution in [2.75, 3.05) is 19.3 Å². The SMILES string of the molecule is CSC(C)CN1C(=O)CNC1C. The van der Waals surface area contributed by atoms with Crippen LogP contribution in [0.2, 0.25) is 0 Å². The highest BCUT2D eigenvalue weighted by molar-refractivity contribution is 7.99. The number of thioether (sulfide) groups is 1. The van der Waals surface area contributed by atoms with Gasteiger partial charge in [0.1, 0.15) is 0 Å². The molecule has 3 nitrogen and oxygen atoms in total. The van der Waals surface area contributed by atoms with Crippen LogP contribution in [0.5, 0.6) is 0 Å². The van der Waals surface area contributed by atoms with E-state index in [-0.39, 0.29) is 12.1 Å². The number of hydrogen-bond acceptors (Lipinski definition) is 3. The lowest BCUT2D eigenvalue weighted by Crippen LogP contribution is -2.38. The van der Waals surface area contributed by atoms with Crippen molar-refractivity contribution in [2.24, 2.45) is 0 Å². The topological polar surface area (TPSA) is 32.3 Å². The van der Waals surface area contributed by atoms with Crippen LogP contribution < -0.4 is 5.32 Å². The van der Waals surface area contributed by atoms with Gasteiger partial charge < -0.3 is 4.90 Å². The van der Waals surface area contributed by atoms with Gasteiger partial charge in [-0.15, -0.1) is 0 Å². The standard InChI is InChI=1S/C8H16N2OS/c1-6(12-3)5-10-7(2)9-4-8(10)11/h6-7,9H,4-5H2,1-3H3. The first-order valence-corrected chi connectivity index (χ1v) is 5.49. The summed E-state index contributed by atoms with van der Waals surface area (Å²) in [4.78, 5) is 13.2. The summed E-state index contributed by atoms with van der Waals surface area (Å²) in [6.45, 7) is 5.53. The molecule has 1 aliphatic heterocycles. The summed E-state index contributed by atoms with van der Waals surface area (Å²) in [5.74, 6) is 0.225. The fourth-order valence-electron chi connectivity index (χ4n) is 1.27. The molecule has 0 aromatic rings. The van der Waals surface area contributed by atoms with Crippen molar-refractivity contribution in [1.82, 2.24) is 10.2 Å². The van der Waals surface area contributed by atoms with E-state index in [0.717, 1.165) is 6.54 Å². The molecule has 0 saturated carbocycles. The molecule has 2 unspecified atom stereocenters. The van der Waals surface area contributed by atoms with Crippen LogP contribution in [0.15, 0.2) is 0 Å². The van der Waals surface area contributed by atoms with Crippen LogP contribution in [0, 0.1) is 0 Å². The molecule has 2 atom stereocenters. The molecule has 1 N–H and O–H groups in total. The number of hydrogen-bond donors (Lipinski definition) is 1. The fourth-order valence-corrected chi connectivity index (χ4v) is 1.58. The van der Waals surface area contributed by atoms with Crippen molar-refractivity contribution in [3.63, 3.8) is 0 Å². The van der Waals surface area contributed by atoms with Crippen molar-refractivity contribution in [3.8, 4) is 0 Å². The van der Waals surface area contributed by atoms with E-state index in [1.807, 2.05) is 11.8 Å². The lowest BCUT2D eigenvalue weighted by Gasteiger charge is -2.23. The van der Waals surface area contributed by atoms with Gasteiger partial charge in [0.25, 0.3) is 0 Å². The highest BCUT2D eigenvalue weighted by Gasteiger charge is 2.27. The maximum absolute atomic E-state index is 11.3. The average molecular weight is 188 g/mol. The molecular formula is C8H16N2OS. The molecule has 1 aliphatic rings. The van der Waals surface area contributed by atoms with Crippen LogP contribution >= 0.6 is 11.8 Å². The van der Waals surface area contributed by atoms with Crippen molar-refractivity contribution in [3.05, 3.63) is 0 Å². The quantitative estimate of drug-likeness (QED) is 0.700. The Hall–Kier alpha value is -0.220. The van der Waals surface area contributed by atoms with Gasteiger partial charge in [-0.1, -0.05) is 6.92 Å². The number of nitrogens with one attached hydrogen (secondary N) is 1. The van der Waals surface area contributed by atoms with E-state index >= 15 is 0 Å². The molecule has 70 valence electrons. The molecular weight excluding hydrogens is 172 g/mol. The lowest BCUT2D eigenvalue weighted by atomic mass is 10.4. The maximum Gasteiger partial charge on any atom is 0.237 e. The Labute approximate surface area is 77.9 Å². The zero-order valence-corrected chi connectivity index (χ0v) is 8.65. The van der Waals surface area contributed by atoms with E-state index in [4.69, 9.17) is 0 Å². The molecule has 0 aliphatic carbocycles. The lowest BCUT2D eigenvalue weighted by molar-refractivity contribution is -0.127. The van der Waals surface area contributed by atoms with E-state index < -0.39 is 0 Å². The van der Waals surface area contributed by atoms with Gasteiger partial charge in [-0.05, 0) is 13.2 Å². The van der Waals surface area contributed by atoms with Gasteiger partial charge in [0.15, 0.2) is 0 Å². The summed E-state index contributed by atoms with van der Waals surface area (Å²) < 4.78 is 0. The molecule has 12 heavy (non-hydrogen) atoms. The zero-order valence-electron chi connectivity index (χ0n) is 7.83. The minimum atomic E-state index is 0.215. The van der Waals surface area contributed by atoms with Crippen LogP contribution in [0.1, 0.15) is 13.8 Å². The predicted molar refractivity (Wildman–Crippen MR) is 52.2 cm³/mol. The van der Waals surface area contributed by atoms with Gasteiger partial charge in [-0.3, -0.25) is 10.1 Å². The maximum atomic E-state index is 11.3. The van der Waals surface area contributed by atoms with Crippen LogP contribution in [-0.2, 0) is 4.79 Å². The molecule has 1 rings (SSSR count). The van der Waals surface area contributed by atoms with E-state index in [0.29, 0.717) is 11.8 Å². The highest BCUT2D eigenvalue weighted by Crippen LogP contribution is 2.11. The van der Waals surface area contributed by atoms with Crippen molar-refractivity contribution >= 4 is 17.7 Å². The molecule has 0 aromatic carbocycles. The summed E-state index contributed by atoms with van der Waals surface area (Å²) in [6.07, 6.45) is 2.29. The molecule has 0 radical (unpaired) electrons. The van der Waals surface area contributed by atoms with Gasteiger partial charge in [-0.2, -0.15) is 11.8 Å². The van der Waals surface area contributed by atoms with E-state index in [1.165, 1.54) is 0 Å². The number of carbonyl (C=O) groups is 1. The predicted octanol–water partition coefficient (Wildman–Crippen LogP) is 0.516. The number of carbonyl (C=O) groups excluding carboxylic acids is 1. The van der Waals surface area contributed by atoms with Crippen LogP contribution in [0.3, 0.4) is 0 Å². The van der Waals surface area contributed by atoms with Crippen LogP contribution in [-0.4, -0.2) is 41.6 Å². The first-order chi connectivity index (χ1) is 5.65. The van der Waals surface area contributed by atoms with Crippen LogP contribution in [0.4, 0.5) is 0 Å². The minimum absolute atomic E-state index is 0.215. The Bertz CT molecular complexity index is 174. The van der Waals surface area contributed by atoms with E-state index in [2.05, 4.69) is 18.5 Å². The van der Waals surface area contributed by atoms with Crippen molar-refractivity contribution in [1.29, 1.82) is 0 Å². The Morgan fingerprint density at radius 1 is 1.83 bits per heavy atom. The highest BCUT2D eigenvalue weighted by atomic mass is 32.2. The molecule has 1 heterocycles. The second-order valence-corrected chi connectivity index (χ2v) is 4.43. The third-order valence-electron chi connectivity index (χ3n) is 2.19. The normalized spacial score (nSPS) is 26.4. The van der Waals surface area contributed by atoms with Crippen molar-refractivity contribution < 1.29 is 4.79 Å². The van der Waals surface area contributed by atoms with E-state index in [9.17, 15) is 4.79 Å². The number of nitrogens with zero attached hydrogens (tertiary/aromatic N) is 1. The first-order valence-electron chi connectivity index (χ1n) is 4.20. The van der Waals surface area contributed by atoms with Crippen LogP contribution in [0.25, 0.3) is 0 Å². The molecule has 0 bridgehead atoms. The molecule has 1 saturated heterocycles. The summed E-state index contributed by atoms with van der Waals surface area (Å²) >= 11 is 1.79. The summed E-state index contributed by atoms with van der Waals surface area (Å²) in [5.41, 5.74) is 0. The monoisotopic (exact) mass is 188 g/mol. The fraction of sp³-hybridized carbons (Fsp3) is 0.875. The zero-order chi connectivity index (χ0) is 9.14. The third-order valence-corrected chi connectivity index (χ3v) is 3.15. The Kier molecular flexibility index (Phi) is 3.40. The summed E-state index contributed by atoms with van der Waals surface area (Å²) in [5, 5.41) is 3.64. The number of rotatable bonds is 3. The second kappa shape index (κ2) is 4.14. The van der Waals surface area contributed by atoms with Crippen molar-refractivity contribution in [2.45, 2.75) is 25.3 Å². The number of amides is 1. The summed E-state index contributed by atoms with van der Waals surface area (Å²) in [7, 11) is 0. The Morgan fingerprint density at radius 2 is 2.50 bits per heavy atom. The summed E-state index contributed by atoms with van der Waals surface area (Å²) in [6, 6.07) is 0. The van der Waals surface area contributed by atoms with Gasteiger partial charge in [0.2, 0.25) is 5.91 Å². The van der Waals surface area contributed by atoms with Gasteiger partial charge in [0.05, 0.1) is 12.7 Å². The Morgan fingerprint density at radius 3 is 2.92 bits per heavy atom. The first kappa shape index (κ1) is 9.86. The molecule has 0 aromatic heterocycles. The van der Waals surface area contributed by atoms with Gasteiger partial charge in [0, 0.05) is 11.8 Å². The molecule has 0 spiro atoms. The molecule has 4 heteroatoms. The second-order valence-electron chi connectivity index (χ2n) is 3.15. The minimum Gasteiger partial charge on any atom is -0.325 e. The molecule has 1 amide bonds. The molecule has 1 fully saturated rings.